The molecule has 27 heavy (non-hydrogen) atoms. The van der Waals surface area contributed by atoms with Crippen molar-refractivity contribution < 1.29 is 13.9 Å². The minimum Gasteiger partial charge on any atom is -0.439 e. The third kappa shape index (κ3) is 8.04. The Kier molecular flexibility index (Phi) is 9.06. The van der Waals surface area contributed by atoms with Crippen LogP contribution < -0.4 is 15.4 Å². The van der Waals surface area contributed by atoms with E-state index >= 15 is 0 Å². The Bertz CT molecular complexity index is 707. The third-order valence-electron chi connectivity index (χ3n) is 3.73. The number of ether oxygens (including phenoxy) is 2. The van der Waals surface area contributed by atoms with Crippen molar-refractivity contribution in [1.82, 2.24) is 15.6 Å². The second-order valence-electron chi connectivity index (χ2n) is 5.81. The first-order valence-corrected chi connectivity index (χ1v) is 9.12. The SMILES string of the molecule is CCOCCCCNC(=NC)NCc1ccnc(Oc2ccc(F)cc2)c1. The van der Waals surface area contributed by atoms with Gasteiger partial charge in [0, 0.05) is 45.6 Å². The molecule has 0 aliphatic heterocycles. The zero-order valence-electron chi connectivity index (χ0n) is 15.9. The van der Waals surface area contributed by atoms with Gasteiger partial charge in [0.05, 0.1) is 0 Å². The molecule has 2 aromatic rings. The van der Waals surface area contributed by atoms with Crippen molar-refractivity contribution >= 4 is 5.96 Å². The van der Waals surface area contributed by atoms with Crippen molar-refractivity contribution in [2.75, 3.05) is 26.8 Å². The summed E-state index contributed by atoms with van der Waals surface area (Å²) in [5.41, 5.74) is 1.00. The number of aliphatic imine (C=N–C) groups is 1. The van der Waals surface area contributed by atoms with Gasteiger partial charge in [-0.25, -0.2) is 9.37 Å². The standard InChI is InChI=1S/C20H27FN4O2/c1-3-26-13-5-4-11-24-20(22-2)25-15-16-10-12-23-19(14-16)27-18-8-6-17(21)7-9-18/h6-10,12,14H,3-5,11,13,15H2,1-2H3,(H2,22,24,25). The van der Waals surface area contributed by atoms with Crippen molar-refractivity contribution in [3.8, 4) is 11.6 Å². The van der Waals surface area contributed by atoms with E-state index in [2.05, 4.69) is 20.6 Å². The number of hydrogen-bond donors (Lipinski definition) is 2. The van der Waals surface area contributed by atoms with Crippen molar-refractivity contribution in [2.24, 2.45) is 4.99 Å². The lowest BCUT2D eigenvalue weighted by molar-refractivity contribution is 0.143. The van der Waals surface area contributed by atoms with E-state index in [0.717, 1.165) is 44.1 Å². The molecule has 2 rings (SSSR count). The lowest BCUT2D eigenvalue weighted by Crippen LogP contribution is -2.37. The highest BCUT2D eigenvalue weighted by molar-refractivity contribution is 5.79. The van der Waals surface area contributed by atoms with Gasteiger partial charge in [0.15, 0.2) is 5.96 Å². The fourth-order valence-electron chi connectivity index (χ4n) is 2.33. The van der Waals surface area contributed by atoms with Gasteiger partial charge in [-0.15, -0.1) is 0 Å². The summed E-state index contributed by atoms with van der Waals surface area (Å²) in [6.07, 6.45) is 3.72. The minimum atomic E-state index is -0.301. The highest BCUT2D eigenvalue weighted by atomic mass is 19.1. The number of pyridine rings is 1. The molecule has 0 bridgehead atoms. The van der Waals surface area contributed by atoms with Crippen molar-refractivity contribution in [3.63, 3.8) is 0 Å². The molecule has 1 aromatic carbocycles. The van der Waals surface area contributed by atoms with Gasteiger partial charge in [0.1, 0.15) is 11.6 Å². The topological polar surface area (TPSA) is 67.8 Å². The first-order valence-electron chi connectivity index (χ1n) is 9.12. The predicted molar refractivity (Wildman–Crippen MR) is 105 cm³/mol. The lowest BCUT2D eigenvalue weighted by Gasteiger charge is -2.12. The third-order valence-corrected chi connectivity index (χ3v) is 3.73. The zero-order valence-corrected chi connectivity index (χ0v) is 15.9. The van der Waals surface area contributed by atoms with Crippen LogP contribution in [0.1, 0.15) is 25.3 Å². The predicted octanol–water partition coefficient (Wildman–Crippen LogP) is 3.49. The second kappa shape index (κ2) is 11.9. The Labute approximate surface area is 159 Å². The Balaban J connectivity index is 1.78. The van der Waals surface area contributed by atoms with Crippen LogP contribution in [0.25, 0.3) is 0 Å². The van der Waals surface area contributed by atoms with Crippen LogP contribution in [0.3, 0.4) is 0 Å². The molecule has 0 fully saturated rings. The number of hydrogen-bond acceptors (Lipinski definition) is 4. The first-order chi connectivity index (χ1) is 13.2. The van der Waals surface area contributed by atoms with Crippen LogP contribution in [0.2, 0.25) is 0 Å². The molecule has 1 aromatic heterocycles. The fraction of sp³-hybridized carbons (Fsp3) is 0.400. The Morgan fingerprint density at radius 3 is 2.70 bits per heavy atom. The van der Waals surface area contributed by atoms with Gasteiger partial charge in [-0.1, -0.05) is 0 Å². The van der Waals surface area contributed by atoms with E-state index in [4.69, 9.17) is 9.47 Å². The van der Waals surface area contributed by atoms with Crippen LogP contribution in [0, 0.1) is 5.82 Å². The van der Waals surface area contributed by atoms with Gasteiger partial charge in [-0.2, -0.15) is 0 Å². The van der Waals surface area contributed by atoms with Gasteiger partial charge in [0.2, 0.25) is 5.88 Å². The Morgan fingerprint density at radius 1 is 1.15 bits per heavy atom. The molecule has 0 radical (unpaired) electrons. The van der Waals surface area contributed by atoms with E-state index in [9.17, 15) is 4.39 Å². The quantitative estimate of drug-likeness (QED) is 0.379. The second-order valence-corrected chi connectivity index (χ2v) is 5.81. The van der Waals surface area contributed by atoms with E-state index in [1.165, 1.54) is 12.1 Å². The molecule has 0 saturated heterocycles. The molecule has 0 unspecified atom stereocenters. The summed E-state index contributed by atoms with van der Waals surface area (Å²) in [6.45, 7) is 4.97. The van der Waals surface area contributed by atoms with Gasteiger partial charge in [-0.3, -0.25) is 4.99 Å². The van der Waals surface area contributed by atoms with Crippen molar-refractivity contribution in [2.45, 2.75) is 26.3 Å². The average molecular weight is 374 g/mol. The normalized spacial score (nSPS) is 11.3. The molecule has 1 heterocycles. The number of halogens is 1. The highest BCUT2D eigenvalue weighted by Crippen LogP contribution is 2.20. The van der Waals surface area contributed by atoms with E-state index in [-0.39, 0.29) is 5.82 Å². The van der Waals surface area contributed by atoms with Gasteiger partial charge < -0.3 is 20.1 Å². The fourth-order valence-corrected chi connectivity index (χ4v) is 2.33. The Morgan fingerprint density at radius 2 is 1.96 bits per heavy atom. The van der Waals surface area contributed by atoms with Crippen molar-refractivity contribution in [3.05, 3.63) is 54.0 Å². The van der Waals surface area contributed by atoms with Crippen LogP contribution in [-0.4, -0.2) is 37.7 Å². The maximum Gasteiger partial charge on any atom is 0.219 e. The van der Waals surface area contributed by atoms with Crippen LogP contribution in [-0.2, 0) is 11.3 Å². The molecule has 0 atom stereocenters. The highest BCUT2D eigenvalue weighted by Gasteiger charge is 2.03. The van der Waals surface area contributed by atoms with E-state index in [0.29, 0.717) is 18.2 Å². The van der Waals surface area contributed by atoms with Crippen LogP contribution in [0.15, 0.2) is 47.6 Å². The number of nitrogens with one attached hydrogen (secondary N) is 2. The van der Waals surface area contributed by atoms with E-state index < -0.39 is 0 Å². The summed E-state index contributed by atoms with van der Waals surface area (Å²) in [5.74, 6) is 1.44. The average Bonchev–Trinajstić information content (AvgIpc) is 2.69. The molecule has 7 heteroatoms. The van der Waals surface area contributed by atoms with Crippen LogP contribution in [0.4, 0.5) is 4.39 Å². The maximum atomic E-state index is 13.0. The minimum absolute atomic E-state index is 0.301. The lowest BCUT2D eigenvalue weighted by atomic mass is 10.2. The number of aromatic nitrogens is 1. The molecule has 6 nitrogen and oxygen atoms in total. The largest absolute Gasteiger partial charge is 0.439 e. The van der Waals surface area contributed by atoms with Gasteiger partial charge >= 0.3 is 0 Å². The molecular weight excluding hydrogens is 347 g/mol. The molecular formula is C20H27FN4O2. The molecule has 0 saturated carbocycles. The number of nitrogens with zero attached hydrogens (tertiary/aromatic N) is 2. The molecule has 0 spiro atoms. The summed E-state index contributed by atoms with van der Waals surface area (Å²) in [7, 11) is 1.74. The number of rotatable bonds is 10. The maximum absolute atomic E-state index is 13.0. The van der Waals surface area contributed by atoms with Crippen LogP contribution in [0.5, 0.6) is 11.6 Å². The summed E-state index contributed by atoms with van der Waals surface area (Å²) >= 11 is 0. The molecule has 146 valence electrons. The van der Waals surface area contributed by atoms with E-state index in [1.807, 2.05) is 19.1 Å². The molecule has 0 aliphatic carbocycles. The number of unbranched alkanes of at least 4 members (excludes halogenated alkanes) is 1. The summed E-state index contributed by atoms with van der Waals surface area (Å²) in [5, 5.41) is 6.54. The smallest absolute Gasteiger partial charge is 0.219 e. The summed E-state index contributed by atoms with van der Waals surface area (Å²) in [4.78, 5) is 8.40. The number of benzene rings is 1. The number of guanidine groups is 1. The monoisotopic (exact) mass is 374 g/mol. The Hall–Kier alpha value is -2.67. The molecule has 0 amide bonds. The summed E-state index contributed by atoms with van der Waals surface area (Å²) < 4.78 is 23.9. The zero-order chi connectivity index (χ0) is 19.3. The van der Waals surface area contributed by atoms with E-state index in [1.54, 1.807) is 25.4 Å². The van der Waals surface area contributed by atoms with Crippen LogP contribution >= 0.6 is 0 Å². The molecule has 2 N–H and O–H groups in total. The van der Waals surface area contributed by atoms with Gasteiger partial charge in [0.25, 0.3) is 0 Å². The summed E-state index contributed by atoms with van der Waals surface area (Å²) in [6, 6.07) is 9.58. The first kappa shape index (κ1) is 20.6. The van der Waals surface area contributed by atoms with Crippen molar-refractivity contribution in [1.29, 1.82) is 0 Å². The van der Waals surface area contributed by atoms with Gasteiger partial charge in [-0.05, 0) is 55.7 Å². The molecule has 0 aliphatic rings.